The second-order valence-corrected chi connectivity index (χ2v) is 10.9. The summed E-state index contributed by atoms with van der Waals surface area (Å²) in [7, 11) is 3.32. The molecule has 1 unspecified atom stereocenters. The van der Waals surface area contributed by atoms with Gasteiger partial charge in [-0.05, 0) is 72.2 Å². The average Bonchev–Trinajstić information content (AvgIpc) is 3.26. The lowest BCUT2D eigenvalue weighted by atomic mass is 9.83. The Hall–Kier alpha value is -3.55. The van der Waals surface area contributed by atoms with E-state index in [0.29, 0.717) is 9.33 Å². The van der Waals surface area contributed by atoms with Crippen LogP contribution in [0.4, 0.5) is 0 Å². The Labute approximate surface area is 223 Å². The number of hydrogen-bond donors (Lipinski definition) is 0. The molecule has 6 rings (SSSR count). The van der Waals surface area contributed by atoms with Gasteiger partial charge in [0.2, 0.25) is 0 Å². The number of allylic oxidation sites excluding steroid dienone is 1. The molecule has 4 aromatic rings. The first-order valence-corrected chi connectivity index (χ1v) is 14.1. The zero-order valence-electron chi connectivity index (χ0n) is 20.9. The molecule has 3 aromatic carbocycles. The number of thioether (sulfide) groups is 1. The topological polar surface area (TPSA) is 52.8 Å². The Morgan fingerprint density at radius 3 is 2.59 bits per heavy atom. The fourth-order valence-electron chi connectivity index (χ4n) is 5.20. The number of methoxy groups -OCH3 is 2. The fraction of sp³-hybridized carbons (Fsp3) is 0.200. The minimum absolute atomic E-state index is 0.0435. The van der Waals surface area contributed by atoms with Gasteiger partial charge in [0.15, 0.2) is 4.80 Å². The predicted molar refractivity (Wildman–Crippen MR) is 151 cm³/mol. The van der Waals surface area contributed by atoms with Crippen LogP contribution in [-0.4, -0.2) is 25.0 Å². The summed E-state index contributed by atoms with van der Waals surface area (Å²) in [6.45, 7) is 0. The van der Waals surface area contributed by atoms with E-state index in [2.05, 4.69) is 42.7 Å². The van der Waals surface area contributed by atoms with Crippen molar-refractivity contribution in [3.8, 4) is 11.5 Å². The van der Waals surface area contributed by atoms with Crippen molar-refractivity contribution in [1.29, 1.82) is 0 Å². The fourth-order valence-corrected chi connectivity index (χ4v) is 6.61. The highest BCUT2D eigenvalue weighted by atomic mass is 32.2. The number of thiazole rings is 1. The molecule has 1 aromatic heterocycles. The van der Waals surface area contributed by atoms with E-state index in [-0.39, 0.29) is 11.6 Å². The van der Waals surface area contributed by atoms with Gasteiger partial charge in [0.1, 0.15) is 11.5 Å². The summed E-state index contributed by atoms with van der Waals surface area (Å²) in [4.78, 5) is 21.0. The highest BCUT2D eigenvalue weighted by molar-refractivity contribution is 7.98. The molecule has 0 radical (unpaired) electrons. The summed E-state index contributed by atoms with van der Waals surface area (Å²) in [5.74, 6) is 1.45. The molecule has 0 spiro atoms. The van der Waals surface area contributed by atoms with Crippen LogP contribution in [0.2, 0.25) is 0 Å². The van der Waals surface area contributed by atoms with Crippen LogP contribution in [0.1, 0.15) is 34.7 Å². The number of aryl methyl sites for hydroxylation is 1. The molecule has 2 aliphatic rings. The predicted octanol–water partition coefficient (Wildman–Crippen LogP) is 5.06. The third-order valence-corrected chi connectivity index (χ3v) is 8.74. The van der Waals surface area contributed by atoms with Gasteiger partial charge >= 0.3 is 0 Å². The monoisotopic (exact) mass is 526 g/mol. The number of aromatic nitrogens is 1. The van der Waals surface area contributed by atoms with E-state index in [4.69, 9.17) is 14.5 Å². The number of benzene rings is 3. The minimum atomic E-state index is -0.328. The van der Waals surface area contributed by atoms with Gasteiger partial charge in [-0.15, -0.1) is 11.8 Å². The third kappa shape index (κ3) is 4.12. The number of fused-ring (bicyclic) bond motifs is 3. The second kappa shape index (κ2) is 9.72. The van der Waals surface area contributed by atoms with Crippen LogP contribution in [-0.2, 0) is 6.42 Å². The van der Waals surface area contributed by atoms with Gasteiger partial charge in [-0.1, -0.05) is 47.7 Å². The molecule has 0 saturated carbocycles. The second-order valence-electron chi connectivity index (χ2n) is 8.99. The molecule has 0 amide bonds. The SMILES string of the molecule is COc1ccc(OC)c(C2C3=C(N=c4sc(=Cc5ccc(SC)cc5)c(=O)n42)c2ccccc2CC3)c1. The zero-order chi connectivity index (χ0) is 25.5. The summed E-state index contributed by atoms with van der Waals surface area (Å²) < 4.78 is 13.9. The van der Waals surface area contributed by atoms with Crippen LogP contribution in [0, 0.1) is 0 Å². The molecule has 1 aliphatic heterocycles. The molecule has 2 heterocycles. The van der Waals surface area contributed by atoms with Crippen LogP contribution in [0.15, 0.2) is 87.0 Å². The lowest BCUT2D eigenvalue weighted by Crippen LogP contribution is -2.39. The van der Waals surface area contributed by atoms with E-state index < -0.39 is 0 Å². The van der Waals surface area contributed by atoms with Gasteiger partial charge in [0, 0.05) is 16.0 Å². The van der Waals surface area contributed by atoms with E-state index >= 15 is 0 Å². The average molecular weight is 527 g/mol. The Balaban J connectivity index is 1.63. The van der Waals surface area contributed by atoms with Crippen molar-refractivity contribution in [2.45, 2.75) is 23.8 Å². The van der Waals surface area contributed by atoms with Gasteiger partial charge in [-0.3, -0.25) is 9.36 Å². The van der Waals surface area contributed by atoms with Gasteiger partial charge < -0.3 is 9.47 Å². The molecule has 0 N–H and O–H groups in total. The Kier molecular flexibility index (Phi) is 6.26. The molecule has 1 atom stereocenters. The summed E-state index contributed by atoms with van der Waals surface area (Å²) in [6, 6.07) is 22.1. The Morgan fingerprint density at radius 1 is 1.03 bits per heavy atom. The first-order chi connectivity index (χ1) is 18.1. The van der Waals surface area contributed by atoms with E-state index in [1.54, 1.807) is 26.0 Å². The summed E-state index contributed by atoms with van der Waals surface area (Å²) >= 11 is 3.14. The van der Waals surface area contributed by atoms with Gasteiger partial charge in [-0.25, -0.2) is 4.99 Å². The number of ether oxygens (including phenoxy) is 2. The van der Waals surface area contributed by atoms with Gasteiger partial charge in [0.25, 0.3) is 5.56 Å². The highest BCUT2D eigenvalue weighted by Crippen LogP contribution is 2.44. The van der Waals surface area contributed by atoms with Crippen LogP contribution in [0.3, 0.4) is 0 Å². The van der Waals surface area contributed by atoms with E-state index in [0.717, 1.165) is 52.3 Å². The van der Waals surface area contributed by atoms with Crippen LogP contribution in [0.25, 0.3) is 11.8 Å². The van der Waals surface area contributed by atoms with Crippen molar-refractivity contribution < 1.29 is 9.47 Å². The molecule has 0 saturated heterocycles. The van der Waals surface area contributed by atoms with E-state index in [1.807, 2.05) is 41.0 Å². The summed E-state index contributed by atoms with van der Waals surface area (Å²) in [5, 5.41) is 0. The third-order valence-electron chi connectivity index (χ3n) is 7.02. The maximum absolute atomic E-state index is 14.0. The Bertz CT molecular complexity index is 1710. The summed E-state index contributed by atoms with van der Waals surface area (Å²) in [5.41, 5.74) is 6.38. The number of hydrogen-bond acceptors (Lipinski definition) is 6. The smallest absolute Gasteiger partial charge is 0.271 e. The number of rotatable bonds is 5. The van der Waals surface area contributed by atoms with Crippen molar-refractivity contribution in [2.24, 2.45) is 4.99 Å². The quantitative estimate of drug-likeness (QED) is 0.341. The van der Waals surface area contributed by atoms with Crippen LogP contribution >= 0.6 is 23.1 Å². The normalized spacial score (nSPS) is 16.5. The molecule has 0 fully saturated rings. The standard InChI is InChI=1S/C30H26N2O3S2/c1-34-20-11-15-25(35-2)24(17-20)28-23-14-10-19-6-4-5-7-22(19)27(23)31-30-32(28)29(33)26(37-30)16-18-8-12-21(36-3)13-9-18/h4-9,11-13,15-17,28H,10,14H2,1-3H3. The molecule has 1 aliphatic carbocycles. The molecule has 186 valence electrons. The molecule has 0 bridgehead atoms. The summed E-state index contributed by atoms with van der Waals surface area (Å²) in [6.07, 6.45) is 5.74. The van der Waals surface area contributed by atoms with Gasteiger partial charge in [0.05, 0.1) is 30.5 Å². The lowest BCUT2D eigenvalue weighted by Gasteiger charge is -2.31. The highest BCUT2D eigenvalue weighted by Gasteiger charge is 2.34. The van der Waals surface area contributed by atoms with Crippen molar-refractivity contribution in [3.63, 3.8) is 0 Å². The van der Waals surface area contributed by atoms with Gasteiger partial charge in [-0.2, -0.15) is 0 Å². The van der Waals surface area contributed by atoms with Crippen LogP contribution < -0.4 is 24.4 Å². The first-order valence-electron chi connectivity index (χ1n) is 12.1. The molecular weight excluding hydrogens is 500 g/mol. The van der Waals surface area contributed by atoms with Crippen LogP contribution in [0.5, 0.6) is 11.5 Å². The largest absolute Gasteiger partial charge is 0.497 e. The maximum atomic E-state index is 14.0. The van der Waals surface area contributed by atoms with Crippen molar-refractivity contribution >= 4 is 34.9 Å². The minimum Gasteiger partial charge on any atom is -0.497 e. The lowest BCUT2D eigenvalue weighted by molar-refractivity contribution is 0.392. The zero-order valence-corrected chi connectivity index (χ0v) is 22.5. The maximum Gasteiger partial charge on any atom is 0.271 e. The molecular formula is C30H26N2O3S2. The molecule has 37 heavy (non-hydrogen) atoms. The first kappa shape index (κ1) is 23.8. The van der Waals surface area contributed by atoms with E-state index in [9.17, 15) is 4.79 Å². The van der Waals surface area contributed by atoms with Crippen molar-refractivity contribution in [3.05, 3.63) is 114 Å². The Morgan fingerprint density at radius 2 is 1.84 bits per heavy atom. The molecule has 5 nitrogen and oxygen atoms in total. The van der Waals surface area contributed by atoms with Crippen molar-refractivity contribution in [1.82, 2.24) is 4.57 Å². The molecule has 7 heteroatoms. The number of nitrogens with zero attached hydrogens (tertiary/aromatic N) is 2. The van der Waals surface area contributed by atoms with Crippen molar-refractivity contribution in [2.75, 3.05) is 20.5 Å². The van der Waals surface area contributed by atoms with E-state index in [1.165, 1.54) is 21.8 Å².